The number of carbonyl (C=O) groups excluding carboxylic acids is 2. The fraction of sp³-hybridized carbons (Fsp3) is 0.438. The number of thiazole rings is 1. The number of likely N-dealkylation sites (tertiary alicyclic amines) is 1. The van der Waals surface area contributed by atoms with Crippen LogP contribution >= 0.6 is 23.1 Å². The predicted octanol–water partition coefficient (Wildman–Crippen LogP) is 3.13. The zero-order valence-corrected chi connectivity index (χ0v) is 14.2. The summed E-state index contributed by atoms with van der Waals surface area (Å²) in [6.45, 7) is 1.64. The van der Waals surface area contributed by atoms with E-state index in [4.69, 9.17) is 4.98 Å². The first-order valence-electron chi connectivity index (χ1n) is 7.79. The number of rotatable bonds is 3. The Morgan fingerprint density at radius 1 is 1.30 bits per heavy atom. The number of fused-ring (bicyclic) bond motifs is 1. The Kier molecular flexibility index (Phi) is 3.98. The van der Waals surface area contributed by atoms with Gasteiger partial charge in [0.05, 0.1) is 16.3 Å². The van der Waals surface area contributed by atoms with Crippen molar-refractivity contribution in [3.05, 3.63) is 29.3 Å². The highest BCUT2D eigenvalue weighted by Crippen LogP contribution is 2.36. The lowest BCUT2D eigenvalue weighted by Crippen LogP contribution is -2.40. The second kappa shape index (κ2) is 6.13. The highest BCUT2D eigenvalue weighted by molar-refractivity contribution is 8.13. The summed E-state index contributed by atoms with van der Waals surface area (Å²) in [5.41, 5.74) is 0.998. The van der Waals surface area contributed by atoms with Crippen LogP contribution in [0.1, 0.15) is 23.9 Å². The van der Waals surface area contributed by atoms with Crippen LogP contribution < -0.4 is 0 Å². The molecule has 1 aromatic carbocycles. The molecule has 1 aromatic heterocycles. The van der Waals surface area contributed by atoms with Crippen molar-refractivity contribution in [1.82, 2.24) is 14.8 Å². The average Bonchev–Trinajstić information content (AvgIpc) is 3.26. The lowest BCUT2D eigenvalue weighted by atomic mass is 10.2. The van der Waals surface area contributed by atoms with Crippen LogP contribution in [0.25, 0.3) is 10.2 Å². The van der Waals surface area contributed by atoms with Crippen molar-refractivity contribution in [2.24, 2.45) is 0 Å². The lowest BCUT2D eigenvalue weighted by molar-refractivity contribution is -0.132. The van der Waals surface area contributed by atoms with Crippen LogP contribution in [-0.2, 0) is 4.79 Å². The largest absolute Gasteiger partial charge is 0.332 e. The van der Waals surface area contributed by atoms with Crippen LogP contribution in [0.3, 0.4) is 0 Å². The normalized spacial score (nSPS) is 21.6. The summed E-state index contributed by atoms with van der Waals surface area (Å²) in [5.74, 6) is 0.829. The van der Waals surface area contributed by atoms with E-state index < -0.39 is 0 Å². The number of amides is 2. The van der Waals surface area contributed by atoms with Gasteiger partial charge in [-0.1, -0.05) is 23.9 Å². The van der Waals surface area contributed by atoms with E-state index in [1.807, 2.05) is 23.1 Å². The molecule has 0 saturated carbocycles. The van der Waals surface area contributed by atoms with Crippen LogP contribution in [0.4, 0.5) is 4.79 Å². The molecule has 3 heterocycles. The molecule has 0 N–H and O–H groups in total. The maximum Gasteiger partial charge on any atom is 0.282 e. The SMILES string of the molecule is O=C1SCCN1CC(=O)N1CCC[C@@H]1c1nc2ccccc2s1. The Balaban J connectivity index is 1.53. The number of nitrogens with zero attached hydrogens (tertiary/aromatic N) is 3. The van der Waals surface area contributed by atoms with Crippen LogP contribution in [0, 0.1) is 0 Å². The van der Waals surface area contributed by atoms with E-state index in [1.54, 1.807) is 16.2 Å². The van der Waals surface area contributed by atoms with Gasteiger partial charge in [0, 0.05) is 18.8 Å². The minimum absolute atomic E-state index is 0.0223. The maximum atomic E-state index is 12.6. The number of thioether (sulfide) groups is 1. The topological polar surface area (TPSA) is 53.5 Å². The molecule has 2 aromatic rings. The molecular weight excluding hydrogens is 330 g/mol. The molecule has 0 aliphatic carbocycles. The Bertz CT molecular complexity index is 728. The van der Waals surface area contributed by atoms with Gasteiger partial charge in [0.25, 0.3) is 5.24 Å². The van der Waals surface area contributed by atoms with Gasteiger partial charge in [-0.05, 0) is 25.0 Å². The summed E-state index contributed by atoms with van der Waals surface area (Å²) in [6.07, 6.45) is 1.95. The average molecular weight is 347 g/mol. The number of carbonyl (C=O) groups is 2. The minimum atomic E-state index is 0.0223. The Morgan fingerprint density at radius 2 is 2.17 bits per heavy atom. The molecule has 2 aliphatic rings. The Morgan fingerprint density at radius 3 is 2.96 bits per heavy atom. The molecule has 0 unspecified atom stereocenters. The highest BCUT2D eigenvalue weighted by Gasteiger charge is 2.34. The standard InChI is InChI=1S/C16H17N3O2S2/c20-14(10-18-8-9-22-16(18)21)19-7-3-5-12(19)15-17-11-4-1-2-6-13(11)23-15/h1-2,4,6,12H,3,5,7-10H2/t12-/m1/s1. The van der Waals surface area contributed by atoms with Gasteiger partial charge in [-0.2, -0.15) is 0 Å². The zero-order valence-electron chi connectivity index (χ0n) is 12.6. The molecule has 7 heteroatoms. The van der Waals surface area contributed by atoms with Crippen LogP contribution in [-0.4, -0.2) is 51.3 Å². The van der Waals surface area contributed by atoms with E-state index in [2.05, 4.69) is 6.07 Å². The lowest BCUT2D eigenvalue weighted by Gasteiger charge is -2.25. The van der Waals surface area contributed by atoms with Crippen molar-refractivity contribution in [2.45, 2.75) is 18.9 Å². The minimum Gasteiger partial charge on any atom is -0.332 e. The summed E-state index contributed by atoms with van der Waals surface area (Å²) in [6, 6.07) is 8.14. The molecule has 2 amide bonds. The number of para-hydroxylation sites is 1. The summed E-state index contributed by atoms with van der Waals surface area (Å²) < 4.78 is 1.16. The smallest absolute Gasteiger partial charge is 0.282 e. The summed E-state index contributed by atoms with van der Waals surface area (Å²) >= 11 is 2.97. The summed E-state index contributed by atoms with van der Waals surface area (Å²) in [7, 11) is 0. The quantitative estimate of drug-likeness (QED) is 0.856. The van der Waals surface area contributed by atoms with E-state index in [0.717, 1.165) is 40.4 Å². The van der Waals surface area contributed by atoms with Crippen molar-refractivity contribution in [3.63, 3.8) is 0 Å². The molecule has 2 fully saturated rings. The van der Waals surface area contributed by atoms with E-state index >= 15 is 0 Å². The fourth-order valence-electron chi connectivity index (χ4n) is 3.18. The Labute approximate surface area is 142 Å². The Hall–Kier alpha value is -1.60. The molecule has 0 radical (unpaired) electrons. The van der Waals surface area contributed by atoms with Gasteiger partial charge >= 0.3 is 0 Å². The van der Waals surface area contributed by atoms with Gasteiger partial charge < -0.3 is 9.80 Å². The summed E-state index contributed by atoms with van der Waals surface area (Å²) in [5, 5.41) is 1.04. The van der Waals surface area contributed by atoms with Gasteiger partial charge in [0.15, 0.2) is 0 Å². The van der Waals surface area contributed by atoms with Gasteiger partial charge in [-0.25, -0.2) is 4.98 Å². The van der Waals surface area contributed by atoms with E-state index in [0.29, 0.717) is 6.54 Å². The molecule has 120 valence electrons. The predicted molar refractivity (Wildman–Crippen MR) is 92.7 cm³/mol. The zero-order chi connectivity index (χ0) is 15.8. The number of hydrogen-bond acceptors (Lipinski definition) is 5. The van der Waals surface area contributed by atoms with E-state index in [-0.39, 0.29) is 23.7 Å². The van der Waals surface area contributed by atoms with Gasteiger partial charge in [0.1, 0.15) is 11.6 Å². The van der Waals surface area contributed by atoms with Crippen LogP contribution in [0.5, 0.6) is 0 Å². The van der Waals surface area contributed by atoms with Crippen molar-refractivity contribution < 1.29 is 9.59 Å². The molecule has 2 saturated heterocycles. The monoisotopic (exact) mass is 347 g/mol. The van der Waals surface area contributed by atoms with Crippen molar-refractivity contribution in [1.29, 1.82) is 0 Å². The molecular formula is C16H17N3O2S2. The fourth-order valence-corrected chi connectivity index (χ4v) is 5.12. The highest BCUT2D eigenvalue weighted by atomic mass is 32.2. The van der Waals surface area contributed by atoms with Gasteiger partial charge in [0.2, 0.25) is 5.91 Å². The third kappa shape index (κ3) is 2.83. The molecule has 23 heavy (non-hydrogen) atoms. The van der Waals surface area contributed by atoms with Gasteiger partial charge in [-0.3, -0.25) is 9.59 Å². The van der Waals surface area contributed by atoms with Crippen molar-refractivity contribution in [3.8, 4) is 0 Å². The molecule has 0 bridgehead atoms. The first-order valence-corrected chi connectivity index (χ1v) is 9.59. The molecule has 4 rings (SSSR count). The third-order valence-electron chi connectivity index (χ3n) is 4.34. The second-order valence-corrected chi connectivity index (χ2v) is 7.91. The number of aromatic nitrogens is 1. The first kappa shape index (κ1) is 15.0. The summed E-state index contributed by atoms with van der Waals surface area (Å²) in [4.78, 5) is 32.6. The number of benzene rings is 1. The molecule has 2 aliphatic heterocycles. The van der Waals surface area contributed by atoms with E-state index in [1.165, 1.54) is 11.8 Å². The molecule has 5 nitrogen and oxygen atoms in total. The van der Waals surface area contributed by atoms with Gasteiger partial charge in [-0.15, -0.1) is 11.3 Å². The molecule has 0 spiro atoms. The first-order chi connectivity index (χ1) is 11.2. The van der Waals surface area contributed by atoms with E-state index in [9.17, 15) is 9.59 Å². The van der Waals surface area contributed by atoms with Crippen LogP contribution in [0.2, 0.25) is 0 Å². The van der Waals surface area contributed by atoms with Crippen molar-refractivity contribution >= 4 is 44.5 Å². The second-order valence-electron chi connectivity index (χ2n) is 5.80. The van der Waals surface area contributed by atoms with Crippen LogP contribution in [0.15, 0.2) is 24.3 Å². The third-order valence-corrected chi connectivity index (χ3v) is 6.37. The molecule has 1 atom stereocenters. The maximum absolute atomic E-state index is 12.6. The van der Waals surface area contributed by atoms with Crippen molar-refractivity contribution in [2.75, 3.05) is 25.4 Å². The number of hydrogen-bond donors (Lipinski definition) is 0.